The standard InChI is InChI=1S/C20H19N3O2S/c1-14-15-7-2-3-8-16(15)20(25)23(21-14)13-19(24)22-11-6-12-26-18-10-5-4-9-17(18)22/h2-5,7-10H,6,11-13H2,1H3. The SMILES string of the molecule is Cc1nn(CC(=O)N2CCCSc3ccccc32)c(=O)c2ccccc12. The second-order valence-electron chi connectivity index (χ2n) is 6.31. The van der Waals surface area contributed by atoms with Crippen LogP contribution in [0.25, 0.3) is 10.8 Å². The predicted molar refractivity (Wildman–Crippen MR) is 105 cm³/mol. The number of aromatic nitrogens is 2. The molecule has 0 radical (unpaired) electrons. The van der Waals surface area contributed by atoms with Crippen molar-refractivity contribution in [3.8, 4) is 0 Å². The highest BCUT2D eigenvalue weighted by Gasteiger charge is 2.22. The van der Waals surface area contributed by atoms with Gasteiger partial charge in [-0.25, -0.2) is 4.68 Å². The molecule has 0 saturated carbocycles. The van der Waals surface area contributed by atoms with Crippen LogP contribution in [0.4, 0.5) is 5.69 Å². The average Bonchev–Trinajstić information content (AvgIpc) is 2.88. The zero-order chi connectivity index (χ0) is 18.1. The number of rotatable bonds is 2. The van der Waals surface area contributed by atoms with Crippen LogP contribution in [0.3, 0.4) is 0 Å². The van der Waals surface area contributed by atoms with Gasteiger partial charge in [-0.1, -0.05) is 30.3 Å². The van der Waals surface area contributed by atoms with Crippen LogP contribution in [-0.2, 0) is 11.3 Å². The number of benzene rings is 2. The van der Waals surface area contributed by atoms with Crippen molar-refractivity contribution in [1.29, 1.82) is 0 Å². The first-order valence-corrected chi connectivity index (χ1v) is 9.62. The van der Waals surface area contributed by atoms with Crippen molar-refractivity contribution in [2.45, 2.75) is 24.8 Å². The molecule has 2 aromatic carbocycles. The van der Waals surface area contributed by atoms with Crippen LogP contribution in [0, 0.1) is 6.92 Å². The zero-order valence-electron chi connectivity index (χ0n) is 14.5. The average molecular weight is 365 g/mol. The summed E-state index contributed by atoms with van der Waals surface area (Å²) in [5.74, 6) is 0.873. The van der Waals surface area contributed by atoms with Gasteiger partial charge in [0, 0.05) is 16.8 Å². The lowest BCUT2D eigenvalue weighted by Gasteiger charge is -2.22. The van der Waals surface area contributed by atoms with Gasteiger partial charge in [0.2, 0.25) is 5.91 Å². The third-order valence-electron chi connectivity index (χ3n) is 4.58. The van der Waals surface area contributed by atoms with Crippen molar-refractivity contribution >= 4 is 34.1 Å². The molecule has 0 saturated heterocycles. The lowest BCUT2D eigenvalue weighted by atomic mass is 10.1. The summed E-state index contributed by atoms with van der Waals surface area (Å²) in [7, 11) is 0. The molecule has 0 bridgehead atoms. The molecule has 1 aliphatic heterocycles. The van der Waals surface area contributed by atoms with E-state index in [2.05, 4.69) is 5.10 Å². The minimum absolute atomic E-state index is 0.0521. The molecule has 4 rings (SSSR count). The quantitative estimate of drug-likeness (QED) is 0.700. The fraction of sp³-hybridized carbons (Fsp3) is 0.250. The maximum Gasteiger partial charge on any atom is 0.275 e. The summed E-state index contributed by atoms with van der Waals surface area (Å²) in [6.45, 7) is 2.47. The highest BCUT2D eigenvalue weighted by Crippen LogP contribution is 2.33. The van der Waals surface area contributed by atoms with Gasteiger partial charge in [-0.05, 0) is 37.3 Å². The third kappa shape index (κ3) is 3.01. The van der Waals surface area contributed by atoms with Gasteiger partial charge in [0.05, 0.1) is 16.8 Å². The molecule has 1 amide bonds. The normalized spacial score (nSPS) is 14.1. The van der Waals surface area contributed by atoms with Crippen molar-refractivity contribution in [1.82, 2.24) is 9.78 Å². The number of amides is 1. The van der Waals surface area contributed by atoms with Crippen molar-refractivity contribution in [2.24, 2.45) is 0 Å². The topological polar surface area (TPSA) is 55.2 Å². The molecule has 0 spiro atoms. The number of hydrogen-bond donors (Lipinski definition) is 0. The van der Waals surface area contributed by atoms with Gasteiger partial charge in [0.1, 0.15) is 6.54 Å². The van der Waals surface area contributed by atoms with E-state index in [4.69, 9.17) is 0 Å². The number of anilines is 1. The molecule has 1 aliphatic rings. The fourth-order valence-corrected chi connectivity index (χ4v) is 4.31. The molecule has 2 heterocycles. The first-order valence-electron chi connectivity index (χ1n) is 8.64. The summed E-state index contributed by atoms with van der Waals surface area (Å²) < 4.78 is 1.29. The molecular weight excluding hydrogens is 346 g/mol. The molecule has 0 unspecified atom stereocenters. The highest BCUT2D eigenvalue weighted by molar-refractivity contribution is 7.99. The number of nitrogens with zero attached hydrogens (tertiary/aromatic N) is 3. The predicted octanol–water partition coefficient (Wildman–Crippen LogP) is 3.23. The Bertz CT molecular complexity index is 1040. The second-order valence-corrected chi connectivity index (χ2v) is 7.45. The highest BCUT2D eigenvalue weighted by atomic mass is 32.2. The Morgan fingerprint density at radius 3 is 2.69 bits per heavy atom. The monoisotopic (exact) mass is 365 g/mol. The lowest BCUT2D eigenvalue weighted by molar-refractivity contribution is -0.119. The van der Waals surface area contributed by atoms with Gasteiger partial charge in [0.25, 0.3) is 5.56 Å². The van der Waals surface area contributed by atoms with Crippen molar-refractivity contribution in [3.05, 3.63) is 64.6 Å². The Morgan fingerprint density at radius 2 is 1.85 bits per heavy atom. The minimum atomic E-state index is -0.225. The summed E-state index contributed by atoms with van der Waals surface area (Å²) in [6, 6.07) is 15.3. The summed E-state index contributed by atoms with van der Waals surface area (Å²) in [6.07, 6.45) is 0.921. The number of aryl methyl sites for hydroxylation is 1. The molecule has 6 heteroatoms. The number of hydrogen-bond acceptors (Lipinski definition) is 4. The van der Waals surface area contributed by atoms with E-state index in [0.29, 0.717) is 11.9 Å². The van der Waals surface area contributed by atoms with Crippen molar-refractivity contribution in [2.75, 3.05) is 17.2 Å². The maximum atomic E-state index is 13.0. The Hall–Kier alpha value is -2.60. The van der Waals surface area contributed by atoms with Crippen LogP contribution < -0.4 is 10.5 Å². The summed E-state index contributed by atoms with van der Waals surface area (Å²) in [5, 5.41) is 5.79. The molecule has 26 heavy (non-hydrogen) atoms. The van der Waals surface area contributed by atoms with E-state index in [1.165, 1.54) is 4.68 Å². The minimum Gasteiger partial charge on any atom is -0.310 e. The second kappa shape index (κ2) is 6.96. The number of thioether (sulfide) groups is 1. The van der Waals surface area contributed by atoms with Gasteiger partial charge in [-0.15, -0.1) is 11.8 Å². The van der Waals surface area contributed by atoms with E-state index in [1.54, 1.807) is 22.7 Å². The summed E-state index contributed by atoms with van der Waals surface area (Å²) in [5.41, 5.74) is 1.45. The van der Waals surface area contributed by atoms with E-state index < -0.39 is 0 Å². The van der Waals surface area contributed by atoms with Crippen molar-refractivity contribution < 1.29 is 4.79 Å². The van der Waals surface area contributed by atoms with Gasteiger partial charge >= 0.3 is 0 Å². The number of fused-ring (bicyclic) bond motifs is 2. The van der Waals surface area contributed by atoms with Crippen LogP contribution in [0.5, 0.6) is 0 Å². The van der Waals surface area contributed by atoms with Crippen LogP contribution in [0.2, 0.25) is 0 Å². The number of carbonyl (C=O) groups excluding carboxylic acids is 1. The zero-order valence-corrected chi connectivity index (χ0v) is 15.3. The molecule has 0 aliphatic carbocycles. The largest absolute Gasteiger partial charge is 0.310 e. The lowest BCUT2D eigenvalue weighted by Crippen LogP contribution is -2.38. The first-order chi connectivity index (χ1) is 12.6. The maximum absolute atomic E-state index is 13.0. The van der Waals surface area contributed by atoms with Crippen LogP contribution in [-0.4, -0.2) is 28.0 Å². The van der Waals surface area contributed by atoms with E-state index in [0.717, 1.165) is 33.8 Å². The third-order valence-corrected chi connectivity index (χ3v) is 5.73. The van der Waals surface area contributed by atoms with E-state index in [-0.39, 0.29) is 18.0 Å². The molecule has 0 N–H and O–H groups in total. The van der Waals surface area contributed by atoms with E-state index >= 15 is 0 Å². The molecular formula is C20H19N3O2S. The molecule has 0 fully saturated rings. The van der Waals surface area contributed by atoms with Gasteiger partial charge < -0.3 is 4.90 Å². The van der Waals surface area contributed by atoms with Crippen LogP contribution in [0.15, 0.2) is 58.2 Å². The number of carbonyl (C=O) groups is 1. The van der Waals surface area contributed by atoms with Crippen molar-refractivity contribution in [3.63, 3.8) is 0 Å². The molecule has 1 aromatic heterocycles. The van der Waals surface area contributed by atoms with Gasteiger partial charge in [-0.3, -0.25) is 9.59 Å². The Labute approximate surface area is 155 Å². The first kappa shape index (κ1) is 16.8. The van der Waals surface area contributed by atoms with Crippen LogP contribution >= 0.6 is 11.8 Å². The molecule has 0 atom stereocenters. The molecule has 132 valence electrons. The Morgan fingerprint density at radius 1 is 1.12 bits per heavy atom. The van der Waals surface area contributed by atoms with E-state index in [1.807, 2.05) is 49.4 Å². The van der Waals surface area contributed by atoms with Crippen LogP contribution in [0.1, 0.15) is 12.1 Å². The van der Waals surface area contributed by atoms with Gasteiger partial charge in [0.15, 0.2) is 0 Å². The molecule has 3 aromatic rings. The Kier molecular flexibility index (Phi) is 4.51. The Balaban J connectivity index is 1.70. The fourth-order valence-electron chi connectivity index (χ4n) is 3.31. The van der Waals surface area contributed by atoms with Gasteiger partial charge in [-0.2, -0.15) is 5.10 Å². The summed E-state index contributed by atoms with van der Waals surface area (Å²) in [4.78, 5) is 28.6. The molecule has 5 nitrogen and oxygen atoms in total. The summed E-state index contributed by atoms with van der Waals surface area (Å²) >= 11 is 1.77. The smallest absolute Gasteiger partial charge is 0.275 e. The number of para-hydroxylation sites is 1. The van der Waals surface area contributed by atoms with E-state index in [9.17, 15) is 9.59 Å².